The molecule has 0 saturated heterocycles. The van der Waals surface area contributed by atoms with Crippen LogP contribution in [0.4, 0.5) is 0 Å². The molecule has 2 rings (SSSR count). The Morgan fingerprint density at radius 2 is 2.11 bits per heavy atom. The Labute approximate surface area is 114 Å². The number of nitrogens with one attached hydrogen (secondary N) is 1. The lowest BCUT2D eigenvalue weighted by molar-refractivity contribution is 0.131. The maximum absolute atomic E-state index is 11.8. The van der Waals surface area contributed by atoms with Crippen LogP contribution in [-0.2, 0) is 13.1 Å². The largest absolute Gasteiger partial charge is 0.328 e. The van der Waals surface area contributed by atoms with Gasteiger partial charge in [-0.15, -0.1) is 0 Å². The Kier molecular flexibility index (Phi) is 3.77. The molecule has 5 nitrogen and oxygen atoms in total. The summed E-state index contributed by atoms with van der Waals surface area (Å²) in [4.78, 5) is 28.0. The highest BCUT2D eigenvalue weighted by molar-refractivity contribution is 9.10. The van der Waals surface area contributed by atoms with Gasteiger partial charge in [-0.1, -0.05) is 13.8 Å². The first-order valence-electron chi connectivity index (χ1n) is 6.15. The third-order valence-corrected chi connectivity index (χ3v) is 4.08. The summed E-state index contributed by atoms with van der Waals surface area (Å²) in [6, 6.07) is 0.301. The Balaban J connectivity index is 2.44. The van der Waals surface area contributed by atoms with Crippen molar-refractivity contribution in [3.63, 3.8) is 0 Å². The molecule has 1 N–H and O–H groups in total. The Morgan fingerprint density at radius 1 is 1.44 bits per heavy atom. The average Bonchev–Trinajstić information content (AvgIpc) is 2.27. The van der Waals surface area contributed by atoms with E-state index in [-0.39, 0.29) is 11.2 Å². The number of H-pyrrole nitrogens is 1. The lowest BCUT2D eigenvalue weighted by atomic mass is 10.1. The van der Waals surface area contributed by atoms with Crippen LogP contribution in [0.15, 0.2) is 14.1 Å². The summed E-state index contributed by atoms with van der Waals surface area (Å²) in [7, 11) is 0. The van der Waals surface area contributed by atoms with Crippen molar-refractivity contribution in [2.24, 2.45) is 5.92 Å². The lowest BCUT2D eigenvalue weighted by Crippen LogP contribution is -2.48. The van der Waals surface area contributed by atoms with Crippen LogP contribution in [0.25, 0.3) is 0 Å². The normalized spacial score (nSPS) is 20.2. The number of aromatic amines is 1. The quantitative estimate of drug-likeness (QED) is 0.891. The van der Waals surface area contributed by atoms with Crippen LogP contribution in [0.2, 0.25) is 0 Å². The van der Waals surface area contributed by atoms with Crippen molar-refractivity contribution < 1.29 is 0 Å². The number of hydrogen-bond acceptors (Lipinski definition) is 3. The van der Waals surface area contributed by atoms with Gasteiger partial charge in [-0.2, -0.15) is 0 Å². The minimum Gasteiger partial charge on any atom is -0.294 e. The summed E-state index contributed by atoms with van der Waals surface area (Å²) in [5, 5.41) is 0. The highest BCUT2D eigenvalue weighted by atomic mass is 79.9. The zero-order chi connectivity index (χ0) is 13.4. The first-order valence-corrected chi connectivity index (χ1v) is 6.95. The molecule has 1 atom stereocenters. The number of halogens is 1. The van der Waals surface area contributed by atoms with Gasteiger partial charge in [0, 0.05) is 25.7 Å². The predicted molar refractivity (Wildman–Crippen MR) is 73.7 cm³/mol. The Bertz CT molecular complexity index is 561. The monoisotopic (exact) mass is 315 g/mol. The van der Waals surface area contributed by atoms with Crippen molar-refractivity contribution in [3.8, 4) is 0 Å². The molecule has 0 aliphatic carbocycles. The molecule has 2 heterocycles. The minimum atomic E-state index is -0.342. The van der Waals surface area contributed by atoms with Gasteiger partial charge in [-0.05, 0) is 28.8 Å². The number of rotatable bonds is 2. The summed E-state index contributed by atoms with van der Waals surface area (Å²) in [6.07, 6.45) is 0. The molecule has 1 aliphatic rings. The second-order valence-corrected chi connectivity index (χ2v) is 6.10. The van der Waals surface area contributed by atoms with E-state index in [0.29, 0.717) is 29.5 Å². The van der Waals surface area contributed by atoms with E-state index in [9.17, 15) is 9.59 Å². The second-order valence-electron chi connectivity index (χ2n) is 5.30. The van der Waals surface area contributed by atoms with E-state index < -0.39 is 0 Å². The van der Waals surface area contributed by atoms with Crippen LogP contribution in [0.5, 0.6) is 0 Å². The average molecular weight is 316 g/mol. The maximum atomic E-state index is 11.8. The molecule has 0 fully saturated rings. The van der Waals surface area contributed by atoms with Gasteiger partial charge in [0.25, 0.3) is 5.56 Å². The van der Waals surface area contributed by atoms with Crippen LogP contribution in [-0.4, -0.2) is 27.0 Å². The van der Waals surface area contributed by atoms with Crippen molar-refractivity contribution in [1.29, 1.82) is 0 Å². The topological polar surface area (TPSA) is 58.1 Å². The van der Waals surface area contributed by atoms with Crippen molar-refractivity contribution in [1.82, 2.24) is 14.5 Å². The van der Waals surface area contributed by atoms with Crippen molar-refractivity contribution in [2.45, 2.75) is 39.9 Å². The highest BCUT2D eigenvalue weighted by Crippen LogP contribution is 2.20. The van der Waals surface area contributed by atoms with Gasteiger partial charge < -0.3 is 0 Å². The number of fused-ring (bicyclic) bond motifs is 1. The molecule has 0 radical (unpaired) electrons. The van der Waals surface area contributed by atoms with E-state index in [0.717, 1.165) is 12.2 Å². The van der Waals surface area contributed by atoms with Crippen LogP contribution in [0.1, 0.15) is 26.5 Å². The Morgan fingerprint density at radius 3 is 2.72 bits per heavy atom. The molecule has 18 heavy (non-hydrogen) atoms. The van der Waals surface area contributed by atoms with Crippen LogP contribution in [0.3, 0.4) is 0 Å². The summed E-state index contributed by atoms with van der Waals surface area (Å²) < 4.78 is 2.13. The van der Waals surface area contributed by atoms with E-state index >= 15 is 0 Å². The second kappa shape index (κ2) is 5.01. The highest BCUT2D eigenvalue weighted by Gasteiger charge is 2.26. The molecular weight excluding hydrogens is 298 g/mol. The number of hydrogen-bond donors (Lipinski definition) is 1. The van der Waals surface area contributed by atoms with Crippen molar-refractivity contribution >= 4 is 15.9 Å². The van der Waals surface area contributed by atoms with Crippen LogP contribution < -0.4 is 11.2 Å². The molecule has 1 aromatic heterocycles. The number of aromatic nitrogens is 2. The maximum Gasteiger partial charge on any atom is 0.328 e. The third-order valence-electron chi connectivity index (χ3n) is 3.27. The molecule has 0 amide bonds. The SMILES string of the molecule is CC(C)CN1Cc2c(Br)c(=O)[nH]c(=O)n2CC1C. The molecule has 1 unspecified atom stereocenters. The molecule has 0 bridgehead atoms. The molecule has 0 saturated carbocycles. The molecule has 0 spiro atoms. The van der Waals surface area contributed by atoms with Gasteiger partial charge >= 0.3 is 5.69 Å². The van der Waals surface area contributed by atoms with E-state index in [1.54, 1.807) is 4.57 Å². The fourth-order valence-corrected chi connectivity index (χ4v) is 2.82. The predicted octanol–water partition coefficient (Wildman–Crippen LogP) is 1.16. The smallest absolute Gasteiger partial charge is 0.294 e. The zero-order valence-electron chi connectivity index (χ0n) is 10.9. The van der Waals surface area contributed by atoms with E-state index in [1.165, 1.54) is 0 Å². The molecule has 1 aromatic rings. The van der Waals surface area contributed by atoms with Gasteiger partial charge in [-0.25, -0.2) is 4.79 Å². The summed E-state index contributed by atoms with van der Waals surface area (Å²) >= 11 is 3.28. The first kappa shape index (κ1) is 13.5. The van der Waals surface area contributed by atoms with Gasteiger partial charge in [0.1, 0.15) is 4.47 Å². The van der Waals surface area contributed by atoms with Gasteiger partial charge in [0.15, 0.2) is 0 Å². The minimum absolute atomic E-state index is 0.301. The van der Waals surface area contributed by atoms with Gasteiger partial charge in [0.2, 0.25) is 0 Å². The van der Waals surface area contributed by atoms with Crippen LogP contribution >= 0.6 is 15.9 Å². The van der Waals surface area contributed by atoms with Crippen molar-refractivity contribution in [2.75, 3.05) is 6.54 Å². The van der Waals surface area contributed by atoms with E-state index in [4.69, 9.17) is 0 Å². The molecule has 1 aliphatic heterocycles. The van der Waals surface area contributed by atoms with E-state index in [1.807, 2.05) is 0 Å². The zero-order valence-corrected chi connectivity index (χ0v) is 12.5. The van der Waals surface area contributed by atoms with Gasteiger partial charge in [0.05, 0.1) is 5.69 Å². The molecule has 100 valence electrons. The summed E-state index contributed by atoms with van der Waals surface area (Å²) in [6.45, 7) is 8.67. The first-order chi connectivity index (χ1) is 8.40. The molecule has 0 aromatic carbocycles. The fraction of sp³-hybridized carbons (Fsp3) is 0.667. The van der Waals surface area contributed by atoms with Crippen LogP contribution in [0, 0.1) is 5.92 Å². The lowest BCUT2D eigenvalue weighted by Gasteiger charge is -2.36. The van der Waals surface area contributed by atoms with Crippen molar-refractivity contribution in [3.05, 3.63) is 31.0 Å². The molecule has 6 heteroatoms. The fourth-order valence-electron chi connectivity index (χ4n) is 2.38. The van der Waals surface area contributed by atoms with Gasteiger partial charge in [-0.3, -0.25) is 19.2 Å². The Hall–Kier alpha value is -0.880. The standard InChI is InChI=1S/C12H18BrN3O2/c1-7(2)4-15-6-9-10(13)11(17)14-12(18)16(9)5-8(15)3/h7-8H,4-6H2,1-3H3,(H,14,17,18). The summed E-state index contributed by atoms with van der Waals surface area (Å²) in [5.41, 5.74) is 0.127. The van der Waals surface area contributed by atoms with E-state index in [2.05, 4.69) is 46.6 Å². The molecular formula is C12H18BrN3O2. The summed E-state index contributed by atoms with van der Waals surface area (Å²) in [5.74, 6) is 0.562. The third kappa shape index (κ3) is 2.44. The number of nitrogens with zero attached hydrogens (tertiary/aromatic N) is 2.